The van der Waals surface area contributed by atoms with Crippen molar-refractivity contribution in [3.8, 4) is 11.5 Å². The molecule has 2 aromatic rings. The van der Waals surface area contributed by atoms with Crippen molar-refractivity contribution in [2.75, 3.05) is 12.4 Å². The molecule has 0 aromatic heterocycles. The van der Waals surface area contributed by atoms with Gasteiger partial charge in [0.25, 0.3) is 5.91 Å². The molecule has 0 aliphatic heterocycles. The van der Waals surface area contributed by atoms with Crippen LogP contribution in [0.2, 0.25) is 0 Å². The minimum absolute atomic E-state index is 0.181. The number of unbranched alkanes of at least 4 members (excludes halogenated alkanes) is 1. The average molecular weight is 327 g/mol. The van der Waals surface area contributed by atoms with Crippen molar-refractivity contribution in [1.29, 1.82) is 0 Å². The van der Waals surface area contributed by atoms with Crippen LogP contribution in [-0.4, -0.2) is 19.1 Å². The fraction of sp³-hybridized carbons (Fsp3) is 0.350. The lowest BCUT2D eigenvalue weighted by molar-refractivity contribution is -0.122. The van der Waals surface area contributed by atoms with Gasteiger partial charge in [-0.15, -0.1) is 0 Å². The molecule has 1 unspecified atom stereocenters. The molecule has 1 atom stereocenters. The van der Waals surface area contributed by atoms with Gasteiger partial charge in [-0.05, 0) is 49.6 Å². The van der Waals surface area contributed by atoms with E-state index in [-0.39, 0.29) is 5.91 Å². The third kappa shape index (κ3) is 5.30. The molecule has 0 spiro atoms. The Bertz CT molecular complexity index is 652. The van der Waals surface area contributed by atoms with Crippen LogP contribution in [0.5, 0.6) is 11.5 Å². The van der Waals surface area contributed by atoms with E-state index in [4.69, 9.17) is 9.47 Å². The molecular formula is C20H25NO3. The van der Waals surface area contributed by atoms with E-state index in [1.54, 1.807) is 26.2 Å². The molecule has 4 heteroatoms. The van der Waals surface area contributed by atoms with Crippen molar-refractivity contribution in [2.45, 2.75) is 39.2 Å². The first kappa shape index (κ1) is 17.9. The van der Waals surface area contributed by atoms with Crippen LogP contribution in [0.15, 0.2) is 48.5 Å². The first-order chi connectivity index (χ1) is 11.6. The van der Waals surface area contributed by atoms with E-state index in [0.717, 1.165) is 12.1 Å². The second-order valence-electron chi connectivity index (χ2n) is 5.73. The number of aryl methyl sites for hydroxylation is 1. The van der Waals surface area contributed by atoms with Crippen LogP contribution in [0.4, 0.5) is 5.69 Å². The minimum Gasteiger partial charge on any atom is -0.497 e. The SMILES string of the molecule is CCCCc1ccc(NC(=O)C(C)Oc2cccc(OC)c2)cc1. The lowest BCUT2D eigenvalue weighted by atomic mass is 10.1. The van der Waals surface area contributed by atoms with Crippen molar-refractivity contribution < 1.29 is 14.3 Å². The Hall–Kier alpha value is -2.49. The summed E-state index contributed by atoms with van der Waals surface area (Å²) in [5.41, 5.74) is 2.07. The molecule has 0 fully saturated rings. The highest BCUT2D eigenvalue weighted by Gasteiger charge is 2.15. The molecule has 0 bridgehead atoms. The number of nitrogens with one attached hydrogen (secondary N) is 1. The zero-order chi connectivity index (χ0) is 17.4. The van der Waals surface area contributed by atoms with Gasteiger partial charge < -0.3 is 14.8 Å². The number of hydrogen-bond donors (Lipinski definition) is 1. The summed E-state index contributed by atoms with van der Waals surface area (Å²) in [6, 6.07) is 15.2. The molecule has 4 nitrogen and oxygen atoms in total. The number of rotatable bonds is 8. The van der Waals surface area contributed by atoms with Gasteiger partial charge in [0.15, 0.2) is 6.10 Å². The topological polar surface area (TPSA) is 47.6 Å². The molecule has 2 rings (SSSR count). The van der Waals surface area contributed by atoms with Crippen LogP contribution in [0.25, 0.3) is 0 Å². The maximum atomic E-state index is 12.3. The Morgan fingerprint density at radius 3 is 2.50 bits per heavy atom. The van der Waals surface area contributed by atoms with Gasteiger partial charge in [-0.25, -0.2) is 0 Å². The molecular weight excluding hydrogens is 302 g/mol. The van der Waals surface area contributed by atoms with Gasteiger partial charge in [-0.2, -0.15) is 0 Å². The van der Waals surface area contributed by atoms with E-state index in [0.29, 0.717) is 11.5 Å². The Balaban J connectivity index is 1.90. The Kier molecular flexibility index (Phi) is 6.67. The van der Waals surface area contributed by atoms with Crippen LogP contribution in [-0.2, 0) is 11.2 Å². The van der Waals surface area contributed by atoms with Crippen LogP contribution in [0, 0.1) is 0 Å². The van der Waals surface area contributed by atoms with Gasteiger partial charge >= 0.3 is 0 Å². The monoisotopic (exact) mass is 327 g/mol. The molecule has 24 heavy (non-hydrogen) atoms. The van der Waals surface area contributed by atoms with Gasteiger partial charge in [-0.3, -0.25) is 4.79 Å². The second-order valence-corrected chi connectivity index (χ2v) is 5.73. The normalized spacial score (nSPS) is 11.6. The lowest BCUT2D eigenvalue weighted by Crippen LogP contribution is -2.30. The average Bonchev–Trinajstić information content (AvgIpc) is 2.61. The molecule has 2 aromatic carbocycles. The Morgan fingerprint density at radius 2 is 1.83 bits per heavy atom. The molecule has 0 radical (unpaired) electrons. The highest BCUT2D eigenvalue weighted by atomic mass is 16.5. The zero-order valence-electron chi connectivity index (χ0n) is 14.5. The van der Waals surface area contributed by atoms with Crippen LogP contribution >= 0.6 is 0 Å². The maximum absolute atomic E-state index is 12.3. The first-order valence-corrected chi connectivity index (χ1v) is 8.33. The number of methoxy groups -OCH3 is 1. The number of hydrogen-bond acceptors (Lipinski definition) is 3. The van der Waals surface area contributed by atoms with Crippen molar-refractivity contribution in [1.82, 2.24) is 0 Å². The minimum atomic E-state index is -0.600. The van der Waals surface area contributed by atoms with Crippen LogP contribution in [0.3, 0.4) is 0 Å². The second kappa shape index (κ2) is 8.96. The Labute approximate surface area is 143 Å². The van der Waals surface area contributed by atoms with Crippen molar-refractivity contribution in [2.24, 2.45) is 0 Å². The third-order valence-corrected chi connectivity index (χ3v) is 3.76. The van der Waals surface area contributed by atoms with Gasteiger partial charge in [0.2, 0.25) is 0 Å². The van der Waals surface area contributed by atoms with Gasteiger partial charge in [0.1, 0.15) is 11.5 Å². The summed E-state index contributed by atoms with van der Waals surface area (Å²) in [7, 11) is 1.60. The third-order valence-electron chi connectivity index (χ3n) is 3.76. The predicted molar refractivity (Wildman–Crippen MR) is 96.8 cm³/mol. The summed E-state index contributed by atoms with van der Waals surface area (Å²) < 4.78 is 10.8. The summed E-state index contributed by atoms with van der Waals surface area (Å²) in [6.45, 7) is 3.91. The van der Waals surface area contributed by atoms with Crippen molar-refractivity contribution in [3.05, 3.63) is 54.1 Å². The lowest BCUT2D eigenvalue weighted by Gasteiger charge is -2.15. The van der Waals surface area contributed by atoms with E-state index in [2.05, 4.69) is 24.4 Å². The number of benzene rings is 2. The molecule has 1 N–H and O–H groups in total. The molecule has 0 aliphatic rings. The van der Waals surface area contributed by atoms with E-state index in [1.165, 1.54) is 18.4 Å². The number of anilines is 1. The van der Waals surface area contributed by atoms with Gasteiger partial charge in [0.05, 0.1) is 7.11 Å². The molecule has 0 saturated heterocycles. The first-order valence-electron chi connectivity index (χ1n) is 8.33. The van der Waals surface area contributed by atoms with E-state index < -0.39 is 6.10 Å². The smallest absolute Gasteiger partial charge is 0.265 e. The molecule has 0 aliphatic carbocycles. The molecule has 1 amide bonds. The molecule has 0 heterocycles. The van der Waals surface area contributed by atoms with E-state index in [9.17, 15) is 4.79 Å². The largest absolute Gasteiger partial charge is 0.497 e. The number of ether oxygens (including phenoxy) is 2. The van der Waals surface area contributed by atoms with E-state index >= 15 is 0 Å². The van der Waals surface area contributed by atoms with E-state index in [1.807, 2.05) is 24.3 Å². The number of carbonyl (C=O) groups is 1. The van der Waals surface area contributed by atoms with Gasteiger partial charge in [-0.1, -0.05) is 31.5 Å². The fourth-order valence-corrected chi connectivity index (χ4v) is 2.31. The highest BCUT2D eigenvalue weighted by molar-refractivity contribution is 5.94. The highest BCUT2D eigenvalue weighted by Crippen LogP contribution is 2.20. The molecule has 128 valence electrons. The summed E-state index contributed by atoms with van der Waals surface area (Å²) >= 11 is 0. The summed E-state index contributed by atoms with van der Waals surface area (Å²) in [5, 5.41) is 2.88. The predicted octanol–water partition coefficient (Wildman–Crippen LogP) is 4.44. The van der Waals surface area contributed by atoms with Crippen LogP contribution in [0.1, 0.15) is 32.3 Å². The summed E-state index contributed by atoms with van der Waals surface area (Å²) in [5.74, 6) is 1.12. The van der Waals surface area contributed by atoms with Crippen molar-refractivity contribution in [3.63, 3.8) is 0 Å². The standard InChI is InChI=1S/C20H25NO3/c1-4-5-7-16-10-12-17(13-11-16)21-20(22)15(2)24-19-9-6-8-18(14-19)23-3/h6,8-15H,4-5,7H2,1-3H3,(H,21,22). The number of carbonyl (C=O) groups excluding carboxylic acids is 1. The van der Waals surface area contributed by atoms with Crippen molar-refractivity contribution >= 4 is 11.6 Å². The summed E-state index contributed by atoms with van der Waals surface area (Å²) in [4.78, 5) is 12.3. The van der Waals surface area contributed by atoms with Crippen LogP contribution < -0.4 is 14.8 Å². The molecule has 0 saturated carbocycles. The van der Waals surface area contributed by atoms with Gasteiger partial charge in [0, 0.05) is 11.8 Å². The quantitative estimate of drug-likeness (QED) is 0.779. The fourth-order valence-electron chi connectivity index (χ4n) is 2.31. The number of amides is 1. The summed E-state index contributed by atoms with van der Waals surface area (Å²) in [6.07, 6.45) is 2.83. The zero-order valence-corrected chi connectivity index (χ0v) is 14.5. The maximum Gasteiger partial charge on any atom is 0.265 e. The Morgan fingerprint density at radius 1 is 1.12 bits per heavy atom.